The lowest BCUT2D eigenvalue weighted by molar-refractivity contribution is -0.137. The van der Waals surface area contributed by atoms with E-state index in [0.717, 1.165) is 20.5 Å². The van der Waals surface area contributed by atoms with Crippen LogP contribution in [0.5, 0.6) is 0 Å². The van der Waals surface area contributed by atoms with Crippen molar-refractivity contribution < 1.29 is 14.3 Å². The number of hydrogen-bond acceptors (Lipinski definition) is 4. The Morgan fingerprint density at radius 2 is 2.00 bits per heavy atom. The number of rotatable bonds is 4. The van der Waals surface area contributed by atoms with Crippen molar-refractivity contribution in [1.82, 2.24) is 9.13 Å². The molecule has 0 aliphatic heterocycles. The summed E-state index contributed by atoms with van der Waals surface area (Å²) in [6, 6.07) is 5.82. The molecule has 0 spiro atoms. The maximum atomic E-state index is 14.0. The third-order valence-electron chi connectivity index (χ3n) is 3.47. The fourth-order valence-corrected chi connectivity index (χ4v) is 3.56. The third kappa shape index (κ3) is 2.92. The van der Waals surface area contributed by atoms with Crippen LogP contribution in [0, 0.1) is 5.82 Å². The lowest BCUT2D eigenvalue weighted by Crippen LogP contribution is -2.41. The number of benzene rings is 1. The lowest BCUT2D eigenvalue weighted by Gasteiger charge is -2.11. The lowest BCUT2D eigenvalue weighted by atomic mass is 10.2. The molecule has 0 fully saturated rings. The first-order valence-electron chi connectivity index (χ1n) is 6.75. The SMILES string of the molecule is O=C(O)Cn1c(=O)n(Cc2ccc(Br)cc2F)c(=O)c2sccc21. The highest BCUT2D eigenvalue weighted by Gasteiger charge is 2.17. The number of thiophene rings is 1. The standard InChI is InChI=1S/C15H10BrFN2O4S/c16-9-2-1-8(10(17)5-9)6-19-14(22)13-11(3-4-24-13)18(15(19)23)7-12(20)21/h1-5H,6-7H2,(H,20,21). The zero-order chi connectivity index (χ0) is 17.4. The van der Waals surface area contributed by atoms with E-state index in [1.54, 1.807) is 11.4 Å². The predicted molar refractivity (Wildman–Crippen MR) is 91.2 cm³/mol. The van der Waals surface area contributed by atoms with Gasteiger partial charge in [-0.2, -0.15) is 0 Å². The van der Waals surface area contributed by atoms with E-state index in [-0.39, 0.29) is 22.3 Å². The first kappa shape index (κ1) is 16.6. The van der Waals surface area contributed by atoms with Crippen LogP contribution >= 0.6 is 27.3 Å². The molecule has 0 saturated heterocycles. The van der Waals surface area contributed by atoms with E-state index in [9.17, 15) is 18.8 Å². The molecule has 0 atom stereocenters. The largest absolute Gasteiger partial charge is 0.480 e. The molecule has 0 saturated carbocycles. The molecule has 2 aromatic heterocycles. The maximum absolute atomic E-state index is 14.0. The highest BCUT2D eigenvalue weighted by molar-refractivity contribution is 9.10. The van der Waals surface area contributed by atoms with E-state index in [4.69, 9.17) is 5.11 Å². The number of carbonyl (C=O) groups is 1. The van der Waals surface area contributed by atoms with E-state index in [0.29, 0.717) is 4.47 Å². The van der Waals surface area contributed by atoms with Crippen LogP contribution in [-0.2, 0) is 17.9 Å². The fourth-order valence-electron chi connectivity index (χ4n) is 2.38. The molecular formula is C15H10BrFN2O4S. The molecule has 0 aliphatic carbocycles. The number of fused-ring (bicyclic) bond motifs is 1. The van der Waals surface area contributed by atoms with Gasteiger partial charge in [0.05, 0.1) is 12.1 Å². The van der Waals surface area contributed by atoms with Crippen molar-refractivity contribution in [2.24, 2.45) is 0 Å². The molecule has 0 radical (unpaired) electrons. The molecule has 0 amide bonds. The summed E-state index contributed by atoms with van der Waals surface area (Å²) in [5, 5.41) is 10.6. The Balaban J connectivity index is 2.22. The molecule has 3 aromatic rings. The summed E-state index contributed by atoms with van der Waals surface area (Å²) < 4.78 is 16.7. The first-order chi connectivity index (χ1) is 11.4. The van der Waals surface area contributed by atoms with Gasteiger partial charge in [-0.05, 0) is 23.6 Å². The molecule has 124 valence electrons. The first-order valence-corrected chi connectivity index (χ1v) is 8.42. The second-order valence-electron chi connectivity index (χ2n) is 5.02. The molecule has 0 bridgehead atoms. The van der Waals surface area contributed by atoms with Crippen LogP contribution < -0.4 is 11.2 Å². The predicted octanol–water partition coefficient (Wildman–Crippen LogP) is 2.26. The van der Waals surface area contributed by atoms with E-state index in [2.05, 4.69) is 15.9 Å². The van der Waals surface area contributed by atoms with Gasteiger partial charge in [0.2, 0.25) is 0 Å². The summed E-state index contributed by atoms with van der Waals surface area (Å²) in [6.07, 6.45) is 0. The zero-order valence-electron chi connectivity index (χ0n) is 12.0. The third-order valence-corrected chi connectivity index (χ3v) is 4.86. The molecule has 2 heterocycles. The van der Waals surface area contributed by atoms with Crippen molar-refractivity contribution in [2.45, 2.75) is 13.1 Å². The number of aromatic nitrogens is 2. The van der Waals surface area contributed by atoms with Crippen LogP contribution in [0.1, 0.15) is 5.56 Å². The molecule has 1 N–H and O–H groups in total. The molecule has 1 aromatic carbocycles. The van der Waals surface area contributed by atoms with Gasteiger partial charge in [-0.3, -0.25) is 18.7 Å². The summed E-state index contributed by atoms with van der Waals surface area (Å²) >= 11 is 4.25. The van der Waals surface area contributed by atoms with Crippen molar-refractivity contribution in [3.63, 3.8) is 0 Å². The molecular weight excluding hydrogens is 403 g/mol. The van der Waals surface area contributed by atoms with Crippen LogP contribution in [-0.4, -0.2) is 20.2 Å². The van der Waals surface area contributed by atoms with Crippen LogP contribution in [0.15, 0.2) is 43.7 Å². The minimum Gasteiger partial charge on any atom is -0.480 e. The van der Waals surface area contributed by atoms with Crippen LogP contribution in [0.25, 0.3) is 10.2 Å². The number of hydrogen-bond donors (Lipinski definition) is 1. The van der Waals surface area contributed by atoms with Gasteiger partial charge in [0, 0.05) is 10.0 Å². The smallest absolute Gasteiger partial charge is 0.332 e. The van der Waals surface area contributed by atoms with Crippen molar-refractivity contribution in [1.29, 1.82) is 0 Å². The quantitative estimate of drug-likeness (QED) is 0.712. The van der Waals surface area contributed by atoms with Gasteiger partial charge in [-0.15, -0.1) is 11.3 Å². The Kier molecular flexibility index (Phi) is 4.37. The molecule has 0 aliphatic rings. The van der Waals surface area contributed by atoms with Crippen molar-refractivity contribution >= 4 is 43.5 Å². The van der Waals surface area contributed by atoms with Crippen LogP contribution in [0.2, 0.25) is 0 Å². The van der Waals surface area contributed by atoms with Crippen LogP contribution in [0.4, 0.5) is 4.39 Å². The summed E-state index contributed by atoms with van der Waals surface area (Å²) in [5.74, 6) is -1.77. The van der Waals surface area contributed by atoms with Gasteiger partial charge in [0.25, 0.3) is 5.56 Å². The summed E-state index contributed by atoms with van der Waals surface area (Å²) in [4.78, 5) is 36.1. The number of carboxylic acid groups (broad SMARTS) is 1. The minimum absolute atomic E-state index is 0.162. The van der Waals surface area contributed by atoms with E-state index in [1.165, 1.54) is 18.2 Å². The van der Waals surface area contributed by atoms with E-state index in [1.807, 2.05) is 0 Å². The van der Waals surface area contributed by atoms with Crippen molar-refractivity contribution in [2.75, 3.05) is 0 Å². The van der Waals surface area contributed by atoms with Crippen molar-refractivity contribution in [3.05, 3.63) is 66.3 Å². The van der Waals surface area contributed by atoms with Gasteiger partial charge in [-0.1, -0.05) is 22.0 Å². The van der Waals surface area contributed by atoms with Crippen LogP contribution in [0.3, 0.4) is 0 Å². The average Bonchev–Trinajstić information content (AvgIpc) is 2.99. The minimum atomic E-state index is -1.20. The molecule has 6 nitrogen and oxygen atoms in total. The summed E-state index contributed by atoms with van der Waals surface area (Å²) in [5.41, 5.74) is -0.912. The maximum Gasteiger partial charge on any atom is 0.332 e. The number of halogens is 2. The highest BCUT2D eigenvalue weighted by Crippen LogP contribution is 2.17. The summed E-state index contributed by atoms with van der Waals surface area (Å²) in [7, 11) is 0. The Labute approximate surface area is 146 Å². The second kappa shape index (κ2) is 6.33. The highest BCUT2D eigenvalue weighted by atomic mass is 79.9. The zero-order valence-corrected chi connectivity index (χ0v) is 14.4. The number of nitrogens with zero attached hydrogens (tertiary/aromatic N) is 2. The molecule has 9 heteroatoms. The second-order valence-corrected chi connectivity index (χ2v) is 6.86. The normalized spacial score (nSPS) is 11.1. The number of carboxylic acids is 1. The topological polar surface area (TPSA) is 81.3 Å². The van der Waals surface area contributed by atoms with Gasteiger partial charge in [0.15, 0.2) is 0 Å². The Morgan fingerprint density at radius 1 is 1.25 bits per heavy atom. The van der Waals surface area contributed by atoms with E-state index < -0.39 is 29.6 Å². The van der Waals surface area contributed by atoms with Gasteiger partial charge in [-0.25, -0.2) is 9.18 Å². The van der Waals surface area contributed by atoms with Gasteiger partial charge in [0.1, 0.15) is 17.1 Å². The Morgan fingerprint density at radius 3 is 2.67 bits per heavy atom. The summed E-state index contributed by atoms with van der Waals surface area (Å²) in [6.45, 7) is -0.848. The fraction of sp³-hybridized carbons (Fsp3) is 0.133. The Bertz CT molecular complexity index is 1070. The van der Waals surface area contributed by atoms with Gasteiger partial charge >= 0.3 is 11.7 Å². The molecule has 3 rings (SSSR count). The monoisotopic (exact) mass is 412 g/mol. The van der Waals surface area contributed by atoms with E-state index >= 15 is 0 Å². The number of aliphatic carboxylic acids is 1. The van der Waals surface area contributed by atoms with Gasteiger partial charge < -0.3 is 5.11 Å². The van der Waals surface area contributed by atoms with Crippen molar-refractivity contribution in [3.8, 4) is 0 Å². The molecule has 0 unspecified atom stereocenters. The molecule has 24 heavy (non-hydrogen) atoms. The Hall–Kier alpha value is -2.26. The average molecular weight is 413 g/mol.